The highest BCUT2D eigenvalue weighted by Crippen LogP contribution is 2.04. The largest absolute Gasteiger partial charge is 0.378 e. The van der Waals surface area contributed by atoms with E-state index in [4.69, 9.17) is 10.6 Å². The van der Waals surface area contributed by atoms with Gasteiger partial charge >= 0.3 is 0 Å². The number of morpholine rings is 1. The Morgan fingerprint density at radius 2 is 2.00 bits per heavy atom. The van der Waals surface area contributed by atoms with Gasteiger partial charge in [0.1, 0.15) is 0 Å². The summed E-state index contributed by atoms with van der Waals surface area (Å²) in [4.78, 5) is 24.1. The zero-order chi connectivity index (χ0) is 11.1. The highest BCUT2D eigenvalue weighted by molar-refractivity contribution is 8.00. The van der Waals surface area contributed by atoms with Crippen LogP contribution < -0.4 is 11.3 Å². The number of carbonyl (C=O) groups excluding carboxylic acids is 2. The molecular formula is C8H15N3O3S. The quantitative estimate of drug-likeness (QED) is 0.353. The van der Waals surface area contributed by atoms with Crippen LogP contribution in [0.15, 0.2) is 0 Å². The highest BCUT2D eigenvalue weighted by Gasteiger charge is 2.16. The first-order valence-electron chi connectivity index (χ1n) is 4.66. The molecular weight excluding hydrogens is 218 g/mol. The molecule has 1 aliphatic heterocycles. The maximum atomic E-state index is 11.6. The minimum atomic E-state index is -0.269. The van der Waals surface area contributed by atoms with E-state index in [0.29, 0.717) is 32.1 Å². The molecule has 1 saturated heterocycles. The Balaban J connectivity index is 2.14. The smallest absolute Gasteiger partial charge is 0.243 e. The van der Waals surface area contributed by atoms with Gasteiger partial charge in [-0.1, -0.05) is 0 Å². The third kappa shape index (κ3) is 4.50. The molecule has 0 aromatic heterocycles. The van der Waals surface area contributed by atoms with E-state index in [1.807, 2.05) is 5.43 Å². The van der Waals surface area contributed by atoms with Crippen LogP contribution in [-0.2, 0) is 14.3 Å². The number of amides is 2. The molecule has 0 unspecified atom stereocenters. The molecule has 86 valence electrons. The number of nitrogens with zero attached hydrogens (tertiary/aromatic N) is 1. The number of ether oxygens (including phenoxy) is 1. The molecule has 1 fully saturated rings. The molecule has 7 heteroatoms. The second-order valence-corrected chi connectivity index (χ2v) is 4.04. The SMILES string of the molecule is NNC(=O)CSCC(=O)N1CCOCC1. The van der Waals surface area contributed by atoms with E-state index in [2.05, 4.69) is 0 Å². The number of hydrogen-bond donors (Lipinski definition) is 2. The normalized spacial score (nSPS) is 16.2. The zero-order valence-electron chi connectivity index (χ0n) is 8.40. The second-order valence-electron chi connectivity index (χ2n) is 3.05. The predicted molar refractivity (Wildman–Crippen MR) is 57.1 cm³/mol. The van der Waals surface area contributed by atoms with Gasteiger partial charge in [0.15, 0.2) is 0 Å². The Labute approximate surface area is 92.5 Å². The second kappa shape index (κ2) is 6.65. The minimum absolute atomic E-state index is 0.0492. The Morgan fingerprint density at radius 1 is 1.33 bits per heavy atom. The summed E-state index contributed by atoms with van der Waals surface area (Å²) in [5.74, 6) is 5.22. The average Bonchev–Trinajstić information content (AvgIpc) is 2.29. The molecule has 0 aliphatic carbocycles. The summed E-state index contributed by atoms with van der Waals surface area (Å²) in [6.07, 6.45) is 0. The van der Waals surface area contributed by atoms with Crippen LogP contribution in [0.25, 0.3) is 0 Å². The van der Waals surface area contributed by atoms with E-state index in [9.17, 15) is 9.59 Å². The van der Waals surface area contributed by atoms with Crippen LogP contribution >= 0.6 is 11.8 Å². The lowest BCUT2D eigenvalue weighted by atomic mass is 10.4. The van der Waals surface area contributed by atoms with Gasteiger partial charge in [0.25, 0.3) is 0 Å². The van der Waals surface area contributed by atoms with Crippen LogP contribution in [0.4, 0.5) is 0 Å². The average molecular weight is 233 g/mol. The maximum absolute atomic E-state index is 11.6. The van der Waals surface area contributed by atoms with Crippen LogP contribution in [0.3, 0.4) is 0 Å². The monoisotopic (exact) mass is 233 g/mol. The maximum Gasteiger partial charge on any atom is 0.243 e. The Hall–Kier alpha value is -0.790. The summed E-state index contributed by atoms with van der Waals surface area (Å²) in [6.45, 7) is 2.48. The third-order valence-electron chi connectivity index (χ3n) is 1.98. The van der Waals surface area contributed by atoms with Crippen LogP contribution in [0.2, 0.25) is 0 Å². The van der Waals surface area contributed by atoms with Crippen molar-refractivity contribution < 1.29 is 14.3 Å². The fourth-order valence-corrected chi connectivity index (χ4v) is 1.90. The topological polar surface area (TPSA) is 84.7 Å². The van der Waals surface area contributed by atoms with Gasteiger partial charge in [-0.3, -0.25) is 15.0 Å². The highest BCUT2D eigenvalue weighted by atomic mass is 32.2. The van der Waals surface area contributed by atoms with Gasteiger partial charge in [0.2, 0.25) is 11.8 Å². The summed E-state index contributed by atoms with van der Waals surface area (Å²) < 4.78 is 5.13. The molecule has 0 bridgehead atoms. The van der Waals surface area contributed by atoms with Crippen molar-refractivity contribution in [1.82, 2.24) is 10.3 Å². The summed E-state index contributed by atoms with van der Waals surface area (Å²) in [7, 11) is 0. The molecule has 1 rings (SSSR count). The van der Waals surface area contributed by atoms with Crippen molar-refractivity contribution in [1.29, 1.82) is 0 Å². The summed E-state index contributed by atoms with van der Waals surface area (Å²) in [5.41, 5.74) is 2.01. The molecule has 0 atom stereocenters. The Kier molecular flexibility index (Phi) is 5.44. The standard InChI is InChI=1S/C8H15N3O3S/c9-10-7(12)5-15-6-8(13)11-1-3-14-4-2-11/h1-6,9H2,(H,10,12). The molecule has 6 nitrogen and oxygen atoms in total. The molecule has 0 radical (unpaired) electrons. The van der Waals surface area contributed by atoms with Crippen molar-refractivity contribution in [2.75, 3.05) is 37.8 Å². The fraction of sp³-hybridized carbons (Fsp3) is 0.750. The number of nitrogens with two attached hydrogens (primary N) is 1. The van der Waals surface area contributed by atoms with Crippen LogP contribution in [0.1, 0.15) is 0 Å². The first-order chi connectivity index (χ1) is 7.24. The number of hydrazine groups is 1. The van der Waals surface area contributed by atoms with Crippen molar-refractivity contribution in [3.8, 4) is 0 Å². The number of thioether (sulfide) groups is 1. The van der Waals surface area contributed by atoms with Gasteiger partial charge in [0, 0.05) is 13.1 Å². The lowest BCUT2D eigenvalue weighted by Crippen LogP contribution is -2.41. The molecule has 0 aromatic carbocycles. The van der Waals surface area contributed by atoms with Gasteiger partial charge in [-0.15, -0.1) is 11.8 Å². The Morgan fingerprint density at radius 3 is 2.60 bits per heavy atom. The molecule has 0 spiro atoms. The van der Waals surface area contributed by atoms with Crippen LogP contribution in [0.5, 0.6) is 0 Å². The molecule has 0 saturated carbocycles. The number of nitrogens with one attached hydrogen (secondary N) is 1. The molecule has 2 amide bonds. The Bertz CT molecular complexity index is 231. The van der Waals surface area contributed by atoms with E-state index in [-0.39, 0.29) is 17.6 Å². The van der Waals surface area contributed by atoms with Crippen molar-refractivity contribution >= 4 is 23.6 Å². The van der Waals surface area contributed by atoms with Crippen molar-refractivity contribution in [3.63, 3.8) is 0 Å². The van der Waals surface area contributed by atoms with Crippen molar-refractivity contribution in [2.24, 2.45) is 5.84 Å². The molecule has 15 heavy (non-hydrogen) atoms. The summed E-state index contributed by atoms with van der Waals surface area (Å²) in [5, 5.41) is 0. The molecule has 3 N–H and O–H groups in total. The van der Waals surface area contributed by atoms with Gasteiger partial charge < -0.3 is 9.64 Å². The van der Waals surface area contributed by atoms with Gasteiger partial charge in [-0.25, -0.2) is 5.84 Å². The van der Waals surface area contributed by atoms with E-state index in [1.165, 1.54) is 11.8 Å². The van der Waals surface area contributed by atoms with Crippen molar-refractivity contribution in [2.45, 2.75) is 0 Å². The van der Waals surface area contributed by atoms with Crippen LogP contribution in [0, 0.1) is 0 Å². The van der Waals surface area contributed by atoms with E-state index < -0.39 is 0 Å². The van der Waals surface area contributed by atoms with Gasteiger partial charge in [-0.05, 0) is 0 Å². The predicted octanol–water partition coefficient (Wildman–Crippen LogP) is -1.43. The van der Waals surface area contributed by atoms with E-state index in [0.717, 1.165) is 0 Å². The van der Waals surface area contributed by atoms with Crippen LogP contribution in [-0.4, -0.2) is 54.5 Å². The van der Waals surface area contributed by atoms with Crippen molar-refractivity contribution in [3.05, 3.63) is 0 Å². The molecule has 0 aromatic rings. The van der Waals surface area contributed by atoms with Gasteiger partial charge in [-0.2, -0.15) is 0 Å². The number of hydrogen-bond acceptors (Lipinski definition) is 5. The summed E-state index contributed by atoms with van der Waals surface area (Å²) >= 11 is 1.26. The summed E-state index contributed by atoms with van der Waals surface area (Å²) in [6, 6.07) is 0. The third-order valence-corrected chi connectivity index (χ3v) is 2.90. The lowest BCUT2D eigenvalue weighted by Gasteiger charge is -2.26. The lowest BCUT2D eigenvalue weighted by molar-refractivity contribution is -0.132. The van der Waals surface area contributed by atoms with E-state index >= 15 is 0 Å². The minimum Gasteiger partial charge on any atom is -0.378 e. The molecule has 1 heterocycles. The first-order valence-corrected chi connectivity index (χ1v) is 5.82. The first kappa shape index (κ1) is 12.3. The molecule has 1 aliphatic rings. The fourth-order valence-electron chi connectivity index (χ4n) is 1.18. The zero-order valence-corrected chi connectivity index (χ0v) is 9.22. The number of rotatable bonds is 4. The van der Waals surface area contributed by atoms with E-state index in [1.54, 1.807) is 4.90 Å². The number of carbonyl (C=O) groups is 2. The van der Waals surface area contributed by atoms with Gasteiger partial charge in [0.05, 0.1) is 24.7 Å².